The molecule has 180 valence electrons. The summed E-state index contributed by atoms with van der Waals surface area (Å²) in [5.41, 5.74) is 2.62. The average Bonchev–Trinajstić information content (AvgIpc) is 3.49. The quantitative estimate of drug-likeness (QED) is 0.567. The fourth-order valence-electron chi connectivity index (χ4n) is 9.66. The molecule has 8 atom stereocenters. The van der Waals surface area contributed by atoms with Crippen molar-refractivity contribution in [2.24, 2.45) is 34.5 Å². The molecule has 2 heterocycles. The second-order valence-electron chi connectivity index (χ2n) is 12.5. The summed E-state index contributed by atoms with van der Waals surface area (Å²) in [6.45, 7) is 6.41. The maximum atomic E-state index is 12.9. The van der Waals surface area contributed by atoms with Crippen molar-refractivity contribution in [3.05, 3.63) is 35.8 Å². The van der Waals surface area contributed by atoms with E-state index in [9.17, 15) is 4.79 Å². The van der Waals surface area contributed by atoms with E-state index in [1.807, 2.05) is 24.1 Å². The van der Waals surface area contributed by atoms with Crippen LogP contribution >= 0.6 is 0 Å². The minimum Gasteiger partial charge on any atom is -0.469 e. The van der Waals surface area contributed by atoms with Gasteiger partial charge in [-0.15, -0.1) is 0 Å². The minimum atomic E-state index is 0.184. The van der Waals surface area contributed by atoms with E-state index in [0.717, 1.165) is 48.3 Å². The Morgan fingerprint density at radius 3 is 2.79 bits per heavy atom. The van der Waals surface area contributed by atoms with Crippen LogP contribution < -0.4 is 0 Å². The van der Waals surface area contributed by atoms with Crippen molar-refractivity contribution in [3.63, 3.8) is 0 Å². The molecule has 0 bridgehead atoms. The summed E-state index contributed by atoms with van der Waals surface area (Å²) in [6.07, 6.45) is 15.2. The van der Waals surface area contributed by atoms with Crippen molar-refractivity contribution < 1.29 is 9.21 Å². The third-order valence-electron chi connectivity index (χ3n) is 11.5. The molecule has 4 heteroatoms. The van der Waals surface area contributed by atoms with Gasteiger partial charge in [0, 0.05) is 25.7 Å². The van der Waals surface area contributed by atoms with Gasteiger partial charge in [-0.25, -0.2) is 0 Å². The summed E-state index contributed by atoms with van der Waals surface area (Å²) in [6, 6.07) is 4.86. The van der Waals surface area contributed by atoms with Gasteiger partial charge in [0.1, 0.15) is 5.76 Å². The smallest absolute Gasteiger partial charge is 0.230 e. The molecule has 1 aliphatic heterocycles. The molecule has 1 saturated heterocycles. The van der Waals surface area contributed by atoms with Crippen molar-refractivity contribution in [1.29, 1.82) is 0 Å². The van der Waals surface area contributed by atoms with Gasteiger partial charge >= 0.3 is 0 Å². The maximum absolute atomic E-state index is 12.9. The molecule has 3 saturated carbocycles. The minimum absolute atomic E-state index is 0.184. The lowest BCUT2D eigenvalue weighted by Crippen LogP contribution is -2.53. The van der Waals surface area contributed by atoms with Gasteiger partial charge in [0.15, 0.2) is 0 Å². The first-order valence-corrected chi connectivity index (χ1v) is 13.5. The number of allylic oxidation sites excluding steroid dienone is 1. The van der Waals surface area contributed by atoms with E-state index < -0.39 is 0 Å². The van der Waals surface area contributed by atoms with Crippen molar-refractivity contribution in [2.75, 3.05) is 20.6 Å². The van der Waals surface area contributed by atoms with Crippen LogP contribution in [0, 0.1) is 34.5 Å². The van der Waals surface area contributed by atoms with Crippen LogP contribution in [0.1, 0.15) is 71.0 Å². The molecule has 1 amide bonds. The number of amides is 1. The first kappa shape index (κ1) is 21.9. The van der Waals surface area contributed by atoms with Crippen LogP contribution in [-0.2, 0) is 11.2 Å². The molecule has 1 aromatic rings. The molecule has 1 aromatic heterocycles. The van der Waals surface area contributed by atoms with Crippen molar-refractivity contribution in [2.45, 2.75) is 83.7 Å². The molecule has 6 rings (SSSR count). The van der Waals surface area contributed by atoms with Gasteiger partial charge in [-0.3, -0.25) is 4.79 Å². The fourth-order valence-corrected chi connectivity index (χ4v) is 9.66. The first-order valence-electron chi connectivity index (χ1n) is 13.5. The Labute approximate surface area is 199 Å². The second-order valence-corrected chi connectivity index (χ2v) is 12.5. The molecule has 4 aliphatic carbocycles. The third-order valence-corrected chi connectivity index (χ3v) is 11.5. The predicted molar refractivity (Wildman–Crippen MR) is 131 cm³/mol. The zero-order valence-electron chi connectivity index (χ0n) is 21.1. The Bertz CT molecular complexity index is 937. The Hall–Kier alpha value is -1.55. The molecule has 5 aliphatic rings. The van der Waals surface area contributed by atoms with Crippen LogP contribution in [0.4, 0.5) is 0 Å². The molecule has 0 radical (unpaired) electrons. The van der Waals surface area contributed by atoms with Gasteiger partial charge in [-0.05, 0) is 112 Å². The second kappa shape index (κ2) is 7.73. The summed E-state index contributed by atoms with van der Waals surface area (Å²) in [5.74, 6) is 4.54. The van der Waals surface area contributed by atoms with Crippen LogP contribution in [0.15, 0.2) is 34.5 Å². The monoisotopic (exact) mass is 450 g/mol. The van der Waals surface area contributed by atoms with Crippen molar-refractivity contribution in [1.82, 2.24) is 9.80 Å². The zero-order valence-corrected chi connectivity index (χ0v) is 21.1. The highest BCUT2D eigenvalue weighted by Crippen LogP contribution is 2.68. The fraction of sp³-hybridized carbons (Fsp3) is 0.759. The van der Waals surface area contributed by atoms with E-state index in [1.165, 1.54) is 45.1 Å². The standard InChI is InChI=1S/C29H42N2O2/c1-19-24-9-10-26-23-8-7-20-16-21(31(4)27(32)17-22-6-5-15-33-22)11-13-28(20,2)25(23)12-14-29(24,26)18-30(19)3/h5-7,15,19,21,23-26H,8-14,16-18H2,1-4H3/t19-,21-,23+,24+,25?,26-,28-,29-/m0/s1. The van der Waals surface area contributed by atoms with E-state index in [-0.39, 0.29) is 5.91 Å². The highest BCUT2D eigenvalue weighted by Gasteiger charge is 2.64. The van der Waals surface area contributed by atoms with E-state index in [1.54, 1.807) is 11.8 Å². The van der Waals surface area contributed by atoms with Crippen LogP contribution in [-0.4, -0.2) is 48.4 Å². The number of fused-ring (bicyclic) bond motifs is 4. The van der Waals surface area contributed by atoms with E-state index in [0.29, 0.717) is 23.3 Å². The number of nitrogens with zero attached hydrogens (tertiary/aromatic N) is 2. The van der Waals surface area contributed by atoms with Gasteiger partial charge < -0.3 is 14.2 Å². The molecule has 33 heavy (non-hydrogen) atoms. The van der Waals surface area contributed by atoms with Crippen molar-refractivity contribution in [3.8, 4) is 0 Å². The van der Waals surface area contributed by atoms with Gasteiger partial charge in [0.05, 0.1) is 12.7 Å². The van der Waals surface area contributed by atoms with Gasteiger partial charge in [0.2, 0.25) is 5.91 Å². The number of hydrogen-bond donors (Lipinski definition) is 0. The number of carbonyl (C=O) groups excluding carboxylic acids is 1. The number of hydrogen-bond acceptors (Lipinski definition) is 3. The SMILES string of the molecule is C[C@H]1[C@H]2CC[C@H]3[C@@H]4CC=C5C[C@@H](N(C)C(=O)Cc6ccco6)CC[C@]5(C)C4CC[C@]23CN1C. The first-order chi connectivity index (χ1) is 15.8. The highest BCUT2D eigenvalue weighted by atomic mass is 16.3. The Balaban J connectivity index is 1.19. The number of rotatable bonds is 3. The Kier molecular flexibility index (Phi) is 5.14. The molecular weight excluding hydrogens is 408 g/mol. The number of likely N-dealkylation sites (N-methyl/N-ethyl adjacent to an activating group) is 1. The Morgan fingerprint density at radius 2 is 2.00 bits per heavy atom. The van der Waals surface area contributed by atoms with Crippen LogP contribution in [0.2, 0.25) is 0 Å². The summed E-state index contributed by atoms with van der Waals surface area (Å²) in [7, 11) is 4.37. The molecule has 4 nitrogen and oxygen atoms in total. The molecular formula is C29H42N2O2. The van der Waals surface area contributed by atoms with E-state index >= 15 is 0 Å². The number of likely N-dealkylation sites (tertiary alicyclic amines) is 1. The number of carbonyl (C=O) groups is 1. The average molecular weight is 451 g/mol. The molecule has 0 aromatic carbocycles. The lowest BCUT2D eigenvalue weighted by Gasteiger charge is -2.58. The van der Waals surface area contributed by atoms with Gasteiger partial charge in [0.25, 0.3) is 0 Å². The predicted octanol–water partition coefficient (Wildman–Crippen LogP) is 5.54. The summed E-state index contributed by atoms with van der Waals surface area (Å²) in [5, 5.41) is 0. The van der Waals surface area contributed by atoms with E-state index in [4.69, 9.17) is 4.42 Å². The molecule has 4 fully saturated rings. The Morgan fingerprint density at radius 1 is 1.18 bits per heavy atom. The summed E-state index contributed by atoms with van der Waals surface area (Å²) in [4.78, 5) is 17.6. The van der Waals surface area contributed by atoms with Crippen molar-refractivity contribution >= 4 is 5.91 Å². The zero-order chi connectivity index (χ0) is 23.0. The van der Waals surface area contributed by atoms with E-state index in [2.05, 4.69) is 31.9 Å². The molecule has 1 spiro atoms. The molecule has 1 unspecified atom stereocenters. The van der Waals surface area contributed by atoms with Crippen LogP contribution in [0.25, 0.3) is 0 Å². The lowest BCUT2D eigenvalue weighted by atomic mass is 9.47. The maximum Gasteiger partial charge on any atom is 0.230 e. The van der Waals surface area contributed by atoms with Crippen LogP contribution in [0.5, 0.6) is 0 Å². The largest absolute Gasteiger partial charge is 0.469 e. The third kappa shape index (κ3) is 3.15. The topological polar surface area (TPSA) is 36.7 Å². The summed E-state index contributed by atoms with van der Waals surface area (Å²) < 4.78 is 5.42. The van der Waals surface area contributed by atoms with Gasteiger partial charge in [-0.1, -0.05) is 18.6 Å². The van der Waals surface area contributed by atoms with Crippen LogP contribution in [0.3, 0.4) is 0 Å². The summed E-state index contributed by atoms with van der Waals surface area (Å²) >= 11 is 0. The highest BCUT2D eigenvalue weighted by molar-refractivity contribution is 5.78. The van der Waals surface area contributed by atoms with Gasteiger partial charge in [-0.2, -0.15) is 0 Å². The molecule has 0 N–H and O–H groups in total. The normalized spacial score (nSPS) is 44.4. The number of furan rings is 1. The lowest BCUT2D eigenvalue weighted by molar-refractivity contribution is -0.132.